The molecule has 0 saturated carbocycles. The molecule has 0 fully saturated rings. The van der Waals surface area contributed by atoms with Gasteiger partial charge in [-0.1, -0.05) is 6.42 Å². The highest BCUT2D eigenvalue weighted by molar-refractivity contribution is 5.70. The molecule has 0 aliphatic rings. The van der Waals surface area contributed by atoms with Gasteiger partial charge in [0.1, 0.15) is 0 Å². The topological polar surface area (TPSA) is 92.8 Å². The van der Waals surface area contributed by atoms with E-state index in [4.69, 9.17) is 16.1 Å². The van der Waals surface area contributed by atoms with Crippen LogP contribution in [0.5, 0.6) is 0 Å². The molecule has 0 rings (SSSR count). The number of hydrogen-bond donors (Lipinski definition) is 3. The van der Waals surface area contributed by atoms with Gasteiger partial charge in [0.05, 0.1) is 12.5 Å². The fraction of sp³-hybridized carbons (Fsp3) is 0.857. The lowest BCUT2D eigenvalue weighted by molar-refractivity contribution is -0.251. The van der Waals surface area contributed by atoms with Gasteiger partial charge in [-0.2, -0.15) is 0 Å². The molecule has 72 valence electrons. The number of nitrogens with two attached hydrogens (primary N) is 1. The molecular weight excluding hydrogens is 162 g/mol. The second-order valence-electron chi connectivity index (χ2n) is 2.62. The smallest absolute Gasteiger partial charge is 0.308 e. The standard InChI is InChI=1S/C7H15NO4/c8-4-2-1-3-6(5-12-11)7(9)10/h6,11H,1-5,8H2,(H,9,10). The summed E-state index contributed by atoms with van der Waals surface area (Å²) in [4.78, 5) is 14.2. The fourth-order valence-corrected chi connectivity index (χ4v) is 0.903. The molecule has 0 amide bonds. The van der Waals surface area contributed by atoms with Crippen LogP contribution >= 0.6 is 0 Å². The molecule has 5 heteroatoms. The van der Waals surface area contributed by atoms with Crippen molar-refractivity contribution in [1.82, 2.24) is 0 Å². The van der Waals surface area contributed by atoms with Crippen LogP contribution in [-0.4, -0.2) is 29.5 Å². The summed E-state index contributed by atoms with van der Waals surface area (Å²) < 4.78 is 0. The molecule has 0 saturated heterocycles. The van der Waals surface area contributed by atoms with Crippen LogP contribution < -0.4 is 5.73 Å². The first-order chi connectivity index (χ1) is 5.72. The van der Waals surface area contributed by atoms with Crippen molar-refractivity contribution in [3.63, 3.8) is 0 Å². The Morgan fingerprint density at radius 1 is 1.50 bits per heavy atom. The number of carbonyl (C=O) groups is 1. The average Bonchev–Trinajstić information content (AvgIpc) is 2.03. The van der Waals surface area contributed by atoms with E-state index in [0.29, 0.717) is 13.0 Å². The first-order valence-electron chi connectivity index (χ1n) is 3.91. The predicted molar refractivity (Wildman–Crippen MR) is 42.6 cm³/mol. The van der Waals surface area contributed by atoms with Gasteiger partial charge in [-0.25, -0.2) is 4.89 Å². The monoisotopic (exact) mass is 177 g/mol. The van der Waals surface area contributed by atoms with Gasteiger partial charge in [0.2, 0.25) is 0 Å². The Morgan fingerprint density at radius 3 is 2.58 bits per heavy atom. The van der Waals surface area contributed by atoms with Crippen LogP contribution in [0.4, 0.5) is 0 Å². The van der Waals surface area contributed by atoms with Crippen LogP contribution in [0.25, 0.3) is 0 Å². The Labute approximate surface area is 71.1 Å². The quantitative estimate of drug-likeness (QED) is 0.295. The van der Waals surface area contributed by atoms with Gasteiger partial charge in [-0.3, -0.25) is 10.1 Å². The van der Waals surface area contributed by atoms with Crippen LogP contribution in [0.1, 0.15) is 19.3 Å². The number of hydrogen-bond acceptors (Lipinski definition) is 4. The normalized spacial score (nSPS) is 12.8. The molecule has 0 radical (unpaired) electrons. The fourth-order valence-electron chi connectivity index (χ4n) is 0.903. The minimum Gasteiger partial charge on any atom is -0.481 e. The molecule has 1 atom stereocenters. The summed E-state index contributed by atoms with van der Waals surface area (Å²) in [6, 6.07) is 0. The maximum Gasteiger partial charge on any atom is 0.308 e. The van der Waals surface area contributed by atoms with Crippen LogP contribution in [-0.2, 0) is 9.68 Å². The number of carboxylic acid groups (broad SMARTS) is 1. The Kier molecular flexibility index (Phi) is 6.64. The van der Waals surface area contributed by atoms with Gasteiger partial charge in [-0.15, -0.1) is 0 Å². The molecule has 0 aromatic heterocycles. The van der Waals surface area contributed by atoms with Gasteiger partial charge in [0.25, 0.3) is 0 Å². The van der Waals surface area contributed by atoms with E-state index in [-0.39, 0.29) is 6.61 Å². The molecule has 4 N–H and O–H groups in total. The number of aliphatic carboxylic acids is 1. The van der Waals surface area contributed by atoms with Crippen LogP contribution in [0.15, 0.2) is 0 Å². The van der Waals surface area contributed by atoms with Crippen molar-refractivity contribution in [2.24, 2.45) is 11.7 Å². The summed E-state index contributed by atoms with van der Waals surface area (Å²) in [6.07, 6.45) is 2.04. The van der Waals surface area contributed by atoms with Crippen LogP contribution in [0.2, 0.25) is 0 Å². The molecule has 0 aliphatic heterocycles. The minimum atomic E-state index is -0.943. The molecule has 0 spiro atoms. The Bertz CT molecular complexity index is 129. The highest BCUT2D eigenvalue weighted by atomic mass is 17.1. The molecule has 0 heterocycles. The molecule has 0 aromatic carbocycles. The zero-order valence-electron chi connectivity index (χ0n) is 6.90. The van der Waals surface area contributed by atoms with Gasteiger partial charge in [-0.05, 0) is 19.4 Å². The zero-order chi connectivity index (χ0) is 9.40. The van der Waals surface area contributed by atoms with E-state index in [2.05, 4.69) is 4.89 Å². The first kappa shape index (κ1) is 11.4. The van der Waals surface area contributed by atoms with Crippen molar-refractivity contribution in [2.45, 2.75) is 19.3 Å². The Balaban J connectivity index is 3.56. The molecule has 0 aliphatic carbocycles. The van der Waals surface area contributed by atoms with Crippen LogP contribution in [0.3, 0.4) is 0 Å². The lowest BCUT2D eigenvalue weighted by atomic mass is 10.0. The number of carboxylic acids is 1. The van der Waals surface area contributed by atoms with E-state index in [1.54, 1.807) is 0 Å². The van der Waals surface area contributed by atoms with E-state index >= 15 is 0 Å². The summed E-state index contributed by atoms with van der Waals surface area (Å²) >= 11 is 0. The summed E-state index contributed by atoms with van der Waals surface area (Å²) in [5.74, 6) is -1.57. The minimum absolute atomic E-state index is 0.153. The predicted octanol–water partition coefficient (Wildman–Crippen LogP) is 0.306. The largest absolute Gasteiger partial charge is 0.481 e. The molecule has 5 nitrogen and oxygen atoms in total. The zero-order valence-corrected chi connectivity index (χ0v) is 6.90. The third-order valence-electron chi connectivity index (χ3n) is 1.63. The highest BCUT2D eigenvalue weighted by Crippen LogP contribution is 2.08. The highest BCUT2D eigenvalue weighted by Gasteiger charge is 2.16. The lowest BCUT2D eigenvalue weighted by Crippen LogP contribution is -2.19. The van der Waals surface area contributed by atoms with Crippen molar-refractivity contribution in [2.75, 3.05) is 13.2 Å². The lowest BCUT2D eigenvalue weighted by Gasteiger charge is -2.08. The average molecular weight is 177 g/mol. The molecule has 12 heavy (non-hydrogen) atoms. The summed E-state index contributed by atoms with van der Waals surface area (Å²) in [7, 11) is 0. The van der Waals surface area contributed by atoms with E-state index < -0.39 is 11.9 Å². The van der Waals surface area contributed by atoms with E-state index in [9.17, 15) is 4.79 Å². The van der Waals surface area contributed by atoms with Crippen LogP contribution in [0, 0.1) is 5.92 Å². The summed E-state index contributed by atoms with van der Waals surface area (Å²) in [6.45, 7) is 0.409. The van der Waals surface area contributed by atoms with Crippen molar-refractivity contribution < 1.29 is 20.0 Å². The van der Waals surface area contributed by atoms with Gasteiger partial charge in [0, 0.05) is 0 Å². The van der Waals surface area contributed by atoms with E-state index in [1.165, 1.54) is 0 Å². The van der Waals surface area contributed by atoms with Gasteiger partial charge < -0.3 is 10.8 Å². The SMILES string of the molecule is NCCCCC(COO)C(=O)O. The Morgan fingerprint density at radius 2 is 2.17 bits per heavy atom. The molecular formula is C7H15NO4. The molecule has 0 aromatic rings. The Hall–Kier alpha value is -0.650. The second kappa shape index (κ2) is 7.02. The maximum atomic E-state index is 10.5. The maximum absolute atomic E-state index is 10.5. The number of rotatable bonds is 7. The third kappa shape index (κ3) is 5.06. The molecule has 1 unspecified atom stereocenters. The second-order valence-corrected chi connectivity index (χ2v) is 2.62. The van der Waals surface area contributed by atoms with E-state index in [0.717, 1.165) is 12.8 Å². The third-order valence-corrected chi connectivity index (χ3v) is 1.63. The van der Waals surface area contributed by atoms with E-state index in [1.807, 2.05) is 0 Å². The molecule has 0 bridgehead atoms. The number of unbranched alkanes of at least 4 members (excludes halogenated alkanes) is 1. The van der Waals surface area contributed by atoms with Crippen molar-refractivity contribution in [1.29, 1.82) is 0 Å². The first-order valence-corrected chi connectivity index (χ1v) is 3.91. The van der Waals surface area contributed by atoms with Crippen molar-refractivity contribution in [3.8, 4) is 0 Å². The van der Waals surface area contributed by atoms with Gasteiger partial charge >= 0.3 is 5.97 Å². The summed E-state index contributed by atoms with van der Waals surface area (Å²) in [5.41, 5.74) is 5.24. The summed E-state index contributed by atoms with van der Waals surface area (Å²) in [5, 5.41) is 16.6. The van der Waals surface area contributed by atoms with Gasteiger partial charge in [0.15, 0.2) is 0 Å². The van der Waals surface area contributed by atoms with Crippen molar-refractivity contribution >= 4 is 5.97 Å². The van der Waals surface area contributed by atoms with Crippen molar-refractivity contribution in [3.05, 3.63) is 0 Å².